The predicted octanol–water partition coefficient (Wildman–Crippen LogP) is 5.16. The first kappa shape index (κ1) is 21.0. The highest BCUT2D eigenvalue weighted by Crippen LogP contribution is 2.33. The summed E-state index contributed by atoms with van der Waals surface area (Å²) >= 11 is 0. The van der Waals surface area contributed by atoms with Gasteiger partial charge in [-0.15, -0.1) is 0 Å². The molecule has 0 bridgehead atoms. The van der Waals surface area contributed by atoms with E-state index in [2.05, 4.69) is 10.6 Å². The van der Waals surface area contributed by atoms with Gasteiger partial charge >= 0.3 is 12.0 Å². The molecule has 6 nitrogen and oxygen atoms in total. The summed E-state index contributed by atoms with van der Waals surface area (Å²) in [6, 6.07) is 14.5. The lowest BCUT2D eigenvalue weighted by Crippen LogP contribution is -2.39. The maximum absolute atomic E-state index is 12.3. The number of hydrogen-bond donors (Lipinski definition) is 2. The zero-order chi connectivity index (χ0) is 21.7. The molecule has 162 valence electrons. The Labute approximate surface area is 182 Å². The molecular formula is C25H28N2O4. The van der Waals surface area contributed by atoms with E-state index in [1.54, 1.807) is 24.3 Å². The van der Waals surface area contributed by atoms with Crippen molar-refractivity contribution < 1.29 is 19.1 Å². The smallest absolute Gasteiger partial charge is 0.338 e. The summed E-state index contributed by atoms with van der Waals surface area (Å²) in [5.74, 6) is 0.298. The molecule has 1 aliphatic heterocycles. The molecule has 2 amide bonds. The van der Waals surface area contributed by atoms with Crippen molar-refractivity contribution in [3.05, 3.63) is 65.7 Å². The van der Waals surface area contributed by atoms with Crippen LogP contribution in [0, 0.1) is 0 Å². The average molecular weight is 421 g/mol. The number of urea groups is 1. The number of amides is 2. The lowest BCUT2D eigenvalue weighted by molar-refractivity contribution is 0.0140. The van der Waals surface area contributed by atoms with Crippen molar-refractivity contribution >= 4 is 23.8 Å². The van der Waals surface area contributed by atoms with Crippen LogP contribution in [0.25, 0.3) is 6.08 Å². The van der Waals surface area contributed by atoms with Gasteiger partial charge in [-0.1, -0.05) is 43.5 Å². The summed E-state index contributed by atoms with van der Waals surface area (Å²) in [5.41, 5.74) is 1.32. The molecule has 1 heterocycles. The first-order valence-electron chi connectivity index (χ1n) is 10.8. The standard InChI is InChI=1S/C25H28N2O4/c1-25(17-30-23(28)18-8-4-2-5-9-18)15-14-19-16-21(12-13-22(19)31-25)27-24(29)26-20-10-6-3-7-11-20/h2,4-5,8-9,12-16,20H,3,6-7,10-11,17H2,1H3,(H2,26,27,29). The fourth-order valence-electron chi connectivity index (χ4n) is 3.94. The van der Waals surface area contributed by atoms with Gasteiger partial charge in [0.1, 0.15) is 12.4 Å². The number of esters is 1. The zero-order valence-corrected chi connectivity index (χ0v) is 17.7. The molecule has 1 saturated carbocycles. The van der Waals surface area contributed by atoms with Crippen LogP contribution in [0.3, 0.4) is 0 Å². The molecule has 1 fully saturated rings. The van der Waals surface area contributed by atoms with Crippen molar-refractivity contribution in [2.75, 3.05) is 11.9 Å². The Morgan fingerprint density at radius 1 is 1.10 bits per heavy atom. The Kier molecular flexibility index (Phi) is 6.26. The molecule has 6 heteroatoms. The molecule has 4 rings (SSSR count). The Bertz CT molecular complexity index is 967. The minimum Gasteiger partial charge on any atom is -0.479 e. The molecule has 1 unspecified atom stereocenters. The van der Waals surface area contributed by atoms with Crippen LogP contribution in [0.15, 0.2) is 54.6 Å². The number of fused-ring (bicyclic) bond motifs is 1. The lowest BCUT2D eigenvalue weighted by Gasteiger charge is -2.31. The van der Waals surface area contributed by atoms with Gasteiger partial charge in [0.25, 0.3) is 0 Å². The highest BCUT2D eigenvalue weighted by Gasteiger charge is 2.29. The van der Waals surface area contributed by atoms with Gasteiger partial charge in [0.15, 0.2) is 5.60 Å². The number of benzene rings is 2. The van der Waals surface area contributed by atoms with E-state index in [-0.39, 0.29) is 24.6 Å². The van der Waals surface area contributed by atoms with E-state index in [4.69, 9.17) is 9.47 Å². The molecule has 2 aliphatic rings. The monoisotopic (exact) mass is 420 g/mol. The van der Waals surface area contributed by atoms with Crippen LogP contribution in [0.5, 0.6) is 5.75 Å². The van der Waals surface area contributed by atoms with Crippen LogP contribution >= 0.6 is 0 Å². The molecule has 31 heavy (non-hydrogen) atoms. The highest BCUT2D eigenvalue weighted by atomic mass is 16.6. The number of nitrogens with one attached hydrogen (secondary N) is 2. The van der Waals surface area contributed by atoms with Crippen molar-refractivity contribution in [3.63, 3.8) is 0 Å². The van der Waals surface area contributed by atoms with Gasteiger partial charge in [-0.25, -0.2) is 9.59 Å². The lowest BCUT2D eigenvalue weighted by atomic mass is 9.96. The first-order valence-corrected chi connectivity index (χ1v) is 10.8. The van der Waals surface area contributed by atoms with E-state index in [1.165, 1.54) is 19.3 Å². The third-order valence-electron chi connectivity index (χ3n) is 5.67. The van der Waals surface area contributed by atoms with E-state index in [1.807, 2.05) is 43.3 Å². The summed E-state index contributed by atoms with van der Waals surface area (Å²) in [6.07, 6.45) is 9.49. The summed E-state index contributed by atoms with van der Waals surface area (Å²) in [4.78, 5) is 24.5. The second-order valence-electron chi connectivity index (χ2n) is 8.38. The Hall–Kier alpha value is -3.28. The van der Waals surface area contributed by atoms with Crippen molar-refractivity contribution in [1.82, 2.24) is 5.32 Å². The largest absolute Gasteiger partial charge is 0.479 e. The van der Waals surface area contributed by atoms with E-state index in [0.29, 0.717) is 17.0 Å². The first-order chi connectivity index (χ1) is 15.0. The van der Waals surface area contributed by atoms with Crippen LogP contribution < -0.4 is 15.4 Å². The van der Waals surface area contributed by atoms with Crippen LogP contribution in [0.1, 0.15) is 54.9 Å². The minimum atomic E-state index is -0.759. The molecule has 1 atom stereocenters. The average Bonchev–Trinajstić information content (AvgIpc) is 2.79. The molecule has 2 aromatic rings. The van der Waals surface area contributed by atoms with Crippen molar-refractivity contribution in [2.24, 2.45) is 0 Å². The number of anilines is 1. The van der Waals surface area contributed by atoms with Crippen LogP contribution in [0.4, 0.5) is 10.5 Å². The molecular weight excluding hydrogens is 392 g/mol. The van der Waals surface area contributed by atoms with Crippen molar-refractivity contribution in [2.45, 2.75) is 50.7 Å². The molecule has 2 aromatic carbocycles. The van der Waals surface area contributed by atoms with Gasteiger partial charge in [-0.3, -0.25) is 0 Å². The second-order valence-corrected chi connectivity index (χ2v) is 8.38. The predicted molar refractivity (Wildman–Crippen MR) is 120 cm³/mol. The van der Waals surface area contributed by atoms with Crippen LogP contribution in [-0.2, 0) is 4.74 Å². The fraction of sp³-hybridized carbons (Fsp3) is 0.360. The highest BCUT2D eigenvalue weighted by molar-refractivity contribution is 5.90. The molecule has 0 radical (unpaired) electrons. The summed E-state index contributed by atoms with van der Waals surface area (Å²) in [7, 11) is 0. The fourth-order valence-corrected chi connectivity index (χ4v) is 3.94. The normalized spacial score (nSPS) is 20.3. The molecule has 0 saturated heterocycles. The van der Waals surface area contributed by atoms with Gasteiger partial charge in [-0.05, 0) is 56.2 Å². The number of carbonyl (C=O) groups is 2. The van der Waals surface area contributed by atoms with Gasteiger partial charge in [-0.2, -0.15) is 0 Å². The zero-order valence-electron chi connectivity index (χ0n) is 17.7. The summed E-state index contributed by atoms with van der Waals surface area (Å²) in [6.45, 7) is 1.97. The molecule has 1 aliphatic carbocycles. The number of carbonyl (C=O) groups excluding carboxylic acids is 2. The Morgan fingerprint density at radius 3 is 2.65 bits per heavy atom. The number of ether oxygens (including phenoxy) is 2. The Balaban J connectivity index is 1.34. The maximum Gasteiger partial charge on any atom is 0.338 e. The number of rotatable bonds is 5. The quantitative estimate of drug-likeness (QED) is 0.655. The minimum absolute atomic E-state index is 0.0977. The van der Waals surface area contributed by atoms with E-state index >= 15 is 0 Å². The molecule has 0 aromatic heterocycles. The van der Waals surface area contributed by atoms with E-state index in [0.717, 1.165) is 18.4 Å². The third kappa shape index (κ3) is 5.45. The Morgan fingerprint density at radius 2 is 1.87 bits per heavy atom. The van der Waals surface area contributed by atoms with Crippen molar-refractivity contribution in [1.29, 1.82) is 0 Å². The maximum atomic E-state index is 12.3. The topological polar surface area (TPSA) is 76.7 Å². The van der Waals surface area contributed by atoms with Gasteiger partial charge in [0, 0.05) is 17.3 Å². The van der Waals surface area contributed by atoms with Crippen LogP contribution in [0.2, 0.25) is 0 Å². The summed E-state index contributed by atoms with van der Waals surface area (Å²) in [5, 5.41) is 5.96. The van der Waals surface area contributed by atoms with Crippen molar-refractivity contribution in [3.8, 4) is 5.75 Å². The number of hydrogen-bond acceptors (Lipinski definition) is 4. The van der Waals surface area contributed by atoms with Crippen LogP contribution in [-0.4, -0.2) is 30.3 Å². The van der Waals surface area contributed by atoms with E-state index in [9.17, 15) is 9.59 Å². The third-order valence-corrected chi connectivity index (χ3v) is 5.67. The SMILES string of the molecule is CC1(COC(=O)c2ccccc2)C=Cc2cc(NC(=O)NC3CCCCC3)ccc2O1. The van der Waals surface area contributed by atoms with Gasteiger partial charge < -0.3 is 20.1 Å². The van der Waals surface area contributed by atoms with E-state index < -0.39 is 5.60 Å². The van der Waals surface area contributed by atoms with Gasteiger partial charge in [0.05, 0.1) is 5.56 Å². The second kappa shape index (κ2) is 9.25. The van der Waals surface area contributed by atoms with Gasteiger partial charge in [0.2, 0.25) is 0 Å². The molecule has 0 spiro atoms. The summed E-state index contributed by atoms with van der Waals surface area (Å²) < 4.78 is 11.5. The molecule has 2 N–H and O–H groups in total.